The summed E-state index contributed by atoms with van der Waals surface area (Å²) in [5.74, 6) is -0.478. The topological polar surface area (TPSA) is 112 Å². The zero-order valence-corrected chi connectivity index (χ0v) is 22.7. The van der Waals surface area contributed by atoms with Crippen LogP contribution in [0, 0.1) is 11.7 Å². The average molecular weight is 583 g/mol. The van der Waals surface area contributed by atoms with Crippen LogP contribution < -0.4 is 15.5 Å². The number of aromatic hydroxyl groups is 1. The maximum atomic E-state index is 14.2. The van der Waals surface area contributed by atoms with Crippen LogP contribution in [0.3, 0.4) is 0 Å². The zero-order chi connectivity index (χ0) is 28.0. The minimum absolute atomic E-state index is 0.0295. The molecular weight excluding hydrogens is 558 g/mol. The largest absolute Gasteiger partial charge is 0.506 e. The quantitative estimate of drug-likeness (QED) is 0.289. The number of fused-ring (bicyclic) bond motifs is 1. The van der Waals surface area contributed by atoms with E-state index in [0.717, 1.165) is 12.8 Å². The number of benzene rings is 2. The Morgan fingerprint density at radius 2 is 1.93 bits per heavy atom. The Labute approximate surface area is 238 Å². The van der Waals surface area contributed by atoms with E-state index in [1.165, 1.54) is 35.0 Å². The molecule has 0 radical (unpaired) electrons. The summed E-state index contributed by atoms with van der Waals surface area (Å²) in [7, 11) is 0. The Balaban J connectivity index is 1.30. The minimum Gasteiger partial charge on any atom is -0.506 e. The zero-order valence-electron chi connectivity index (χ0n) is 21.2. The van der Waals surface area contributed by atoms with Crippen LogP contribution >= 0.6 is 23.2 Å². The highest BCUT2D eigenvalue weighted by Gasteiger charge is 2.36. The molecule has 0 unspecified atom stereocenters. The Kier molecular flexibility index (Phi) is 6.97. The maximum Gasteiger partial charge on any atom is 0.271 e. The molecule has 2 amide bonds. The van der Waals surface area contributed by atoms with Crippen LogP contribution in [0.25, 0.3) is 5.65 Å². The van der Waals surface area contributed by atoms with Crippen molar-refractivity contribution in [2.24, 2.45) is 5.92 Å². The molecule has 6 rings (SSSR count). The van der Waals surface area contributed by atoms with Gasteiger partial charge in [-0.2, -0.15) is 0 Å². The molecule has 2 aliphatic rings. The number of aromatic nitrogens is 3. The molecule has 2 fully saturated rings. The fraction of sp³-hybridized carbons (Fsp3) is 0.286. The van der Waals surface area contributed by atoms with Gasteiger partial charge in [0.2, 0.25) is 0 Å². The third-order valence-electron chi connectivity index (χ3n) is 7.27. The van der Waals surface area contributed by atoms with Gasteiger partial charge in [-0.05, 0) is 67.1 Å². The second-order valence-corrected chi connectivity index (χ2v) is 11.0. The summed E-state index contributed by atoms with van der Waals surface area (Å²) in [4.78, 5) is 32.2. The number of amides is 2. The lowest BCUT2D eigenvalue weighted by molar-refractivity contribution is 0.0931. The fourth-order valence-corrected chi connectivity index (χ4v) is 5.54. The average Bonchev–Trinajstić information content (AvgIpc) is 3.52. The molecule has 2 aromatic carbocycles. The van der Waals surface area contributed by atoms with E-state index in [0.29, 0.717) is 48.2 Å². The van der Waals surface area contributed by atoms with Crippen molar-refractivity contribution in [3.8, 4) is 5.75 Å². The highest BCUT2D eigenvalue weighted by Crippen LogP contribution is 2.37. The van der Waals surface area contributed by atoms with Crippen molar-refractivity contribution in [1.29, 1.82) is 0 Å². The summed E-state index contributed by atoms with van der Waals surface area (Å²) in [6.07, 6.45) is 4.17. The highest BCUT2D eigenvalue weighted by atomic mass is 35.5. The van der Waals surface area contributed by atoms with E-state index in [1.54, 1.807) is 18.2 Å². The summed E-state index contributed by atoms with van der Waals surface area (Å²) >= 11 is 12.1. The van der Waals surface area contributed by atoms with Gasteiger partial charge in [0.1, 0.15) is 17.4 Å². The van der Waals surface area contributed by atoms with E-state index in [9.17, 15) is 19.1 Å². The molecule has 12 heteroatoms. The smallest absolute Gasteiger partial charge is 0.271 e. The van der Waals surface area contributed by atoms with Gasteiger partial charge in [-0.1, -0.05) is 35.3 Å². The highest BCUT2D eigenvalue weighted by molar-refractivity contribution is 6.36. The first kappa shape index (κ1) is 26.3. The Morgan fingerprint density at radius 3 is 2.70 bits per heavy atom. The SMILES string of the molecule is O=C(N[C@H]1C[C@H](c2cccc(F)c2)N(c2ccc3ncc(C(=O)NCC4CC4)n3n2)C1)c1cc(Cl)cc(Cl)c1O. The van der Waals surface area contributed by atoms with E-state index < -0.39 is 5.91 Å². The second kappa shape index (κ2) is 10.6. The van der Waals surface area contributed by atoms with E-state index in [1.807, 2.05) is 11.0 Å². The van der Waals surface area contributed by atoms with Crippen LogP contribution in [-0.4, -0.2) is 50.7 Å². The van der Waals surface area contributed by atoms with Gasteiger partial charge < -0.3 is 20.6 Å². The number of imidazole rings is 1. The van der Waals surface area contributed by atoms with E-state index in [-0.39, 0.29) is 45.2 Å². The third-order valence-corrected chi connectivity index (χ3v) is 7.77. The summed E-state index contributed by atoms with van der Waals surface area (Å²) in [6.45, 7) is 0.951. The Hall–Kier alpha value is -3.89. The predicted molar refractivity (Wildman–Crippen MR) is 149 cm³/mol. The molecule has 0 bridgehead atoms. The lowest BCUT2D eigenvalue weighted by Crippen LogP contribution is -2.37. The first-order chi connectivity index (χ1) is 19.3. The van der Waals surface area contributed by atoms with Crippen molar-refractivity contribution >= 4 is 46.5 Å². The number of phenolic OH excluding ortho intramolecular Hbond substituents is 1. The molecule has 1 saturated heterocycles. The number of halogens is 3. The molecule has 9 nitrogen and oxygen atoms in total. The first-order valence-corrected chi connectivity index (χ1v) is 13.7. The molecule has 1 saturated carbocycles. The molecule has 0 spiro atoms. The van der Waals surface area contributed by atoms with Crippen molar-refractivity contribution in [3.63, 3.8) is 0 Å². The molecule has 2 atom stereocenters. The van der Waals surface area contributed by atoms with E-state index in [4.69, 9.17) is 28.3 Å². The van der Waals surface area contributed by atoms with Gasteiger partial charge in [-0.3, -0.25) is 9.59 Å². The number of hydrogen-bond acceptors (Lipinski definition) is 6. The van der Waals surface area contributed by atoms with E-state index in [2.05, 4.69) is 15.6 Å². The van der Waals surface area contributed by atoms with Crippen LogP contribution in [0.15, 0.2) is 54.7 Å². The van der Waals surface area contributed by atoms with Crippen LogP contribution in [0.2, 0.25) is 10.0 Å². The number of anilines is 1. The predicted octanol–water partition coefficient (Wildman–Crippen LogP) is 4.77. The van der Waals surface area contributed by atoms with Gasteiger partial charge in [-0.15, -0.1) is 5.10 Å². The molecule has 3 N–H and O–H groups in total. The normalized spacial score (nSPS) is 18.7. The number of carbonyl (C=O) groups excluding carboxylic acids is 2. The number of phenols is 1. The Morgan fingerprint density at radius 1 is 1.10 bits per heavy atom. The molecule has 1 aliphatic heterocycles. The minimum atomic E-state index is -0.542. The van der Waals surface area contributed by atoms with Crippen molar-refractivity contribution in [3.05, 3.63) is 87.4 Å². The summed E-state index contributed by atoms with van der Waals surface area (Å²) < 4.78 is 15.7. The van der Waals surface area contributed by atoms with Gasteiger partial charge in [0.25, 0.3) is 11.8 Å². The molecule has 4 aromatic rings. The van der Waals surface area contributed by atoms with Crippen LogP contribution in [-0.2, 0) is 0 Å². The summed E-state index contributed by atoms with van der Waals surface area (Å²) in [5, 5.41) is 21.1. The fourth-order valence-electron chi connectivity index (χ4n) is 5.05. The van der Waals surface area contributed by atoms with Crippen LogP contribution in [0.1, 0.15) is 51.7 Å². The first-order valence-electron chi connectivity index (χ1n) is 12.9. The summed E-state index contributed by atoms with van der Waals surface area (Å²) in [6, 6.07) is 11.8. The van der Waals surface area contributed by atoms with Gasteiger partial charge in [0.15, 0.2) is 11.3 Å². The lowest BCUT2D eigenvalue weighted by atomic mass is 10.0. The molecular formula is C28H25Cl2FN6O3. The van der Waals surface area contributed by atoms with Crippen molar-refractivity contribution in [2.45, 2.75) is 31.3 Å². The maximum absolute atomic E-state index is 14.2. The second-order valence-electron chi connectivity index (χ2n) is 10.2. The monoisotopic (exact) mass is 582 g/mol. The van der Waals surface area contributed by atoms with Gasteiger partial charge in [0.05, 0.1) is 22.8 Å². The van der Waals surface area contributed by atoms with Gasteiger partial charge in [-0.25, -0.2) is 13.9 Å². The van der Waals surface area contributed by atoms with Crippen LogP contribution in [0.4, 0.5) is 10.2 Å². The van der Waals surface area contributed by atoms with E-state index >= 15 is 0 Å². The molecule has 3 heterocycles. The van der Waals surface area contributed by atoms with Crippen molar-refractivity contribution in [1.82, 2.24) is 25.2 Å². The number of carbonyl (C=O) groups is 2. The summed E-state index contributed by atoms with van der Waals surface area (Å²) in [5.41, 5.74) is 1.50. The number of nitrogens with zero attached hydrogens (tertiary/aromatic N) is 4. The molecule has 1 aliphatic carbocycles. The van der Waals surface area contributed by atoms with Crippen molar-refractivity contribution in [2.75, 3.05) is 18.0 Å². The lowest BCUT2D eigenvalue weighted by Gasteiger charge is -2.26. The number of hydrogen-bond donors (Lipinski definition) is 3. The van der Waals surface area contributed by atoms with Gasteiger partial charge in [0, 0.05) is 24.2 Å². The number of nitrogens with one attached hydrogen (secondary N) is 2. The van der Waals surface area contributed by atoms with Crippen molar-refractivity contribution < 1.29 is 19.1 Å². The Bertz CT molecular complexity index is 1630. The third kappa shape index (κ3) is 5.29. The standard InChI is InChI=1S/C28H25Cl2FN6O3/c29-17-9-20(26(38)21(30)10-17)27(39)34-19-11-22(16-2-1-3-18(31)8-16)36(14-19)25-7-6-24-32-13-23(37(24)35-25)28(40)33-12-15-4-5-15/h1-3,6-10,13,15,19,22,38H,4-5,11-12,14H2,(H,33,40)(H,34,39)/t19-,22+/m0/s1. The number of rotatable bonds is 7. The molecule has 206 valence electrons. The van der Waals surface area contributed by atoms with Crippen LogP contribution in [0.5, 0.6) is 5.75 Å². The molecule has 2 aromatic heterocycles. The molecule has 40 heavy (non-hydrogen) atoms. The van der Waals surface area contributed by atoms with Gasteiger partial charge >= 0.3 is 0 Å².